The Morgan fingerprint density at radius 1 is 1.20 bits per heavy atom. The average molecular weight is 394 g/mol. The molecule has 0 aromatic heterocycles. The minimum Gasteiger partial charge on any atom is -0.366 e. The molecule has 5 nitrogen and oxygen atoms in total. The van der Waals surface area contributed by atoms with Crippen LogP contribution in [0, 0.1) is 5.82 Å². The van der Waals surface area contributed by atoms with Crippen molar-refractivity contribution in [1.82, 2.24) is 4.90 Å². The molecule has 1 aromatic carbocycles. The van der Waals surface area contributed by atoms with Crippen molar-refractivity contribution in [2.75, 3.05) is 31.1 Å². The van der Waals surface area contributed by atoms with E-state index in [1.165, 1.54) is 13.0 Å². The first-order valence-electron chi connectivity index (χ1n) is 7.97. The van der Waals surface area contributed by atoms with Gasteiger partial charge in [0.05, 0.1) is 5.69 Å². The van der Waals surface area contributed by atoms with Crippen LogP contribution in [0.5, 0.6) is 0 Å². The van der Waals surface area contributed by atoms with Crippen LogP contribution in [0.2, 0.25) is 0 Å². The highest BCUT2D eigenvalue weighted by Crippen LogP contribution is 2.22. The summed E-state index contributed by atoms with van der Waals surface area (Å²) in [4.78, 5) is 27.1. The lowest BCUT2D eigenvalue weighted by molar-refractivity contribution is -0.131. The molecule has 8 heteroatoms. The molecule has 0 spiro atoms. The molecule has 0 aliphatic carbocycles. The van der Waals surface area contributed by atoms with Crippen LogP contribution in [0.3, 0.4) is 0 Å². The first kappa shape index (κ1) is 23.6. The quantitative estimate of drug-likeness (QED) is 0.780. The number of carbonyl (C=O) groups is 2. The molecule has 142 valence electrons. The van der Waals surface area contributed by atoms with E-state index in [1.54, 1.807) is 17.0 Å². The largest absolute Gasteiger partial charge is 0.366 e. The Morgan fingerprint density at radius 3 is 2.28 bits per heavy atom. The summed E-state index contributed by atoms with van der Waals surface area (Å²) in [5.74, 6) is -0.441. The summed E-state index contributed by atoms with van der Waals surface area (Å²) in [6.07, 6.45) is 1.14. The maximum atomic E-state index is 14.2. The van der Waals surface area contributed by atoms with Crippen LogP contribution in [-0.2, 0) is 4.79 Å². The van der Waals surface area contributed by atoms with Gasteiger partial charge in [-0.3, -0.25) is 9.59 Å². The fourth-order valence-electron chi connectivity index (χ4n) is 2.69. The number of benzene rings is 1. The molecule has 0 radical (unpaired) electrons. The highest BCUT2D eigenvalue weighted by molar-refractivity contribution is 5.94. The second kappa shape index (κ2) is 10.6. The molecule has 1 saturated heterocycles. The highest BCUT2D eigenvalue weighted by atomic mass is 35.5. The van der Waals surface area contributed by atoms with Crippen LogP contribution < -0.4 is 10.6 Å². The van der Waals surface area contributed by atoms with E-state index in [4.69, 9.17) is 5.73 Å². The van der Waals surface area contributed by atoms with Gasteiger partial charge in [0.15, 0.2) is 5.78 Å². The molecule has 25 heavy (non-hydrogen) atoms. The van der Waals surface area contributed by atoms with Crippen molar-refractivity contribution in [2.24, 2.45) is 5.73 Å². The zero-order valence-corrected chi connectivity index (χ0v) is 16.2. The fraction of sp³-hybridized carbons (Fsp3) is 0.529. The second-order valence-electron chi connectivity index (χ2n) is 6.11. The number of nitrogens with zero attached hydrogens (tertiary/aromatic N) is 2. The summed E-state index contributed by atoms with van der Waals surface area (Å²) in [5.41, 5.74) is 6.53. The van der Waals surface area contributed by atoms with Crippen molar-refractivity contribution in [1.29, 1.82) is 0 Å². The molecule has 0 bridgehead atoms. The van der Waals surface area contributed by atoms with Gasteiger partial charge >= 0.3 is 0 Å². The van der Waals surface area contributed by atoms with Gasteiger partial charge in [0.2, 0.25) is 5.91 Å². The number of rotatable bonds is 5. The molecule has 2 N–H and O–H groups in total. The van der Waals surface area contributed by atoms with Gasteiger partial charge in [-0.25, -0.2) is 4.39 Å². The van der Waals surface area contributed by atoms with Crippen molar-refractivity contribution in [3.8, 4) is 0 Å². The van der Waals surface area contributed by atoms with E-state index in [0.717, 1.165) is 0 Å². The zero-order valence-electron chi connectivity index (χ0n) is 14.5. The molecule has 1 heterocycles. The fourth-order valence-corrected chi connectivity index (χ4v) is 2.69. The van der Waals surface area contributed by atoms with E-state index in [1.807, 2.05) is 11.8 Å². The number of halogens is 3. The van der Waals surface area contributed by atoms with Gasteiger partial charge in [-0.2, -0.15) is 0 Å². The highest BCUT2D eigenvalue weighted by Gasteiger charge is 2.23. The van der Waals surface area contributed by atoms with E-state index in [9.17, 15) is 14.0 Å². The van der Waals surface area contributed by atoms with E-state index in [-0.39, 0.29) is 42.5 Å². The summed E-state index contributed by atoms with van der Waals surface area (Å²) in [7, 11) is 0. The van der Waals surface area contributed by atoms with E-state index in [0.29, 0.717) is 50.3 Å². The van der Waals surface area contributed by atoms with E-state index in [2.05, 4.69) is 0 Å². The molecular weight excluding hydrogens is 368 g/mol. The van der Waals surface area contributed by atoms with Gasteiger partial charge in [0, 0.05) is 44.2 Å². The smallest absolute Gasteiger partial charge is 0.222 e. The van der Waals surface area contributed by atoms with Crippen molar-refractivity contribution >= 4 is 42.2 Å². The van der Waals surface area contributed by atoms with E-state index >= 15 is 0 Å². The maximum absolute atomic E-state index is 14.2. The number of nitrogens with two attached hydrogens (primary N) is 1. The summed E-state index contributed by atoms with van der Waals surface area (Å²) >= 11 is 0. The molecule has 0 saturated carbocycles. The van der Waals surface area contributed by atoms with E-state index < -0.39 is 5.82 Å². The van der Waals surface area contributed by atoms with Crippen LogP contribution in [0.15, 0.2) is 18.2 Å². The van der Waals surface area contributed by atoms with Gasteiger partial charge in [-0.1, -0.05) is 0 Å². The van der Waals surface area contributed by atoms with Gasteiger partial charge in [-0.05, 0) is 38.5 Å². The topological polar surface area (TPSA) is 66.6 Å². The number of hydrogen-bond donors (Lipinski definition) is 1. The Balaban J connectivity index is 0.00000288. The summed E-state index contributed by atoms with van der Waals surface area (Å²) in [6, 6.07) is 4.58. The Morgan fingerprint density at radius 2 is 1.80 bits per heavy atom. The Kier molecular flexibility index (Phi) is 10.0. The number of carbonyl (C=O) groups excluding carboxylic acids is 2. The lowest BCUT2D eigenvalue weighted by Crippen LogP contribution is -2.49. The second-order valence-corrected chi connectivity index (χ2v) is 6.11. The molecule has 1 unspecified atom stereocenters. The SMILES string of the molecule is CC(=O)c1ccc(N2CCN(C(=O)CCC(C)N)CC2)c(F)c1.Cl.Cl. The Labute approximate surface area is 160 Å². The minimum absolute atomic E-state index is 0. The van der Waals surface area contributed by atoms with Crippen LogP contribution in [-0.4, -0.2) is 48.8 Å². The molecule has 2 rings (SSSR count). The van der Waals surface area contributed by atoms with Crippen LogP contribution in [0.25, 0.3) is 0 Å². The summed E-state index contributed by atoms with van der Waals surface area (Å²) in [5, 5.41) is 0. The average Bonchev–Trinajstić information content (AvgIpc) is 2.52. The third-order valence-electron chi connectivity index (χ3n) is 4.14. The van der Waals surface area contributed by atoms with Crippen molar-refractivity contribution in [3.05, 3.63) is 29.6 Å². The first-order valence-corrected chi connectivity index (χ1v) is 7.97. The lowest BCUT2D eigenvalue weighted by Gasteiger charge is -2.36. The number of anilines is 1. The molecule has 1 aliphatic rings. The lowest BCUT2D eigenvalue weighted by atomic mass is 10.1. The normalized spacial score (nSPS) is 15.0. The van der Waals surface area contributed by atoms with Crippen LogP contribution >= 0.6 is 24.8 Å². The number of piperazine rings is 1. The summed E-state index contributed by atoms with van der Waals surface area (Å²) < 4.78 is 14.2. The Hall–Kier alpha value is -1.37. The van der Waals surface area contributed by atoms with Gasteiger partial charge < -0.3 is 15.5 Å². The third-order valence-corrected chi connectivity index (χ3v) is 4.14. The molecule has 1 amide bonds. The van der Waals surface area contributed by atoms with Crippen molar-refractivity contribution in [3.63, 3.8) is 0 Å². The van der Waals surface area contributed by atoms with Crippen molar-refractivity contribution < 1.29 is 14.0 Å². The first-order chi connectivity index (χ1) is 10.9. The van der Waals surface area contributed by atoms with Gasteiger partial charge in [-0.15, -0.1) is 24.8 Å². The van der Waals surface area contributed by atoms with Crippen LogP contribution in [0.4, 0.5) is 10.1 Å². The predicted molar refractivity (Wildman–Crippen MR) is 103 cm³/mol. The molecule has 1 aromatic rings. The maximum Gasteiger partial charge on any atom is 0.222 e. The number of amides is 1. The molecule has 1 atom stereocenters. The Bertz CT molecular complexity index is 591. The molecule has 1 fully saturated rings. The standard InChI is InChI=1S/C17H24FN3O2.2ClH/c1-12(19)3-6-17(23)21-9-7-20(8-10-21)16-5-4-14(13(2)22)11-15(16)18;;/h4-5,11-12H,3,6-10,19H2,1-2H3;2*1H. The zero-order chi connectivity index (χ0) is 17.0. The van der Waals surface area contributed by atoms with Crippen molar-refractivity contribution in [2.45, 2.75) is 32.7 Å². The number of Topliss-reactive ketones (excluding diaryl/α,β-unsaturated/α-hetero) is 1. The molecule has 1 aliphatic heterocycles. The summed E-state index contributed by atoms with van der Waals surface area (Å²) in [6.45, 7) is 5.62. The van der Waals surface area contributed by atoms with Crippen LogP contribution in [0.1, 0.15) is 37.0 Å². The van der Waals surface area contributed by atoms with Gasteiger partial charge in [0.25, 0.3) is 0 Å². The molecular formula is C17H26Cl2FN3O2. The number of ketones is 1. The number of hydrogen-bond acceptors (Lipinski definition) is 4. The third kappa shape index (κ3) is 6.45. The minimum atomic E-state index is -0.394. The van der Waals surface area contributed by atoms with Gasteiger partial charge in [0.1, 0.15) is 5.82 Å². The predicted octanol–water partition coefficient (Wildman–Crippen LogP) is 2.65. The monoisotopic (exact) mass is 393 g/mol.